The normalized spacial score (nSPS) is 12.4. The van der Waals surface area contributed by atoms with Crippen molar-refractivity contribution in [1.29, 1.82) is 0 Å². The van der Waals surface area contributed by atoms with Crippen LogP contribution in [0.2, 0.25) is 0 Å². The van der Waals surface area contributed by atoms with Crippen LogP contribution in [-0.2, 0) is 11.2 Å². The molecule has 0 aliphatic carbocycles. The van der Waals surface area contributed by atoms with Crippen molar-refractivity contribution in [2.24, 2.45) is 5.92 Å². The largest absolute Gasteiger partial charge is 0.394 e. The monoisotopic (exact) mass is 250 g/mol. The summed E-state index contributed by atoms with van der Waals surface area (Å²) in [6.07, 6.45) is 5.40. The molecule has 4 nitrogen and oxygen atoms in total. The lowest BCUT2D eigenvalue weighted by atomic mass is 10.0. The number of amides is 1. The zero-order valence-electron chi connectivity index (χ0n) is 11.1. The smallest absolute Gasteiger partial charge is 0.220 e. The Hall–Kier alpha value is -1.42. The van der Waals surface area contributed by atoms with Gasteiger partial charge in [0.2, 0.25) is 5.91 Å². The van der Waals surface area contributed by atoms with E-state index in [4.69, 9.17) is 0 Å². The van der Waals surface area contributed by atoms with Crippen LogP contribution in [-0.4, -0.2) is 28.6 Å². The third-order valence-corrected chi connectivity index (χ3v) is 2.70. The van der Waals surface area contributed by atoms with Crippen molar-refractivity contribution in [3.8, 4) is 0 Å². The minimum atomic E-state index is -0.133. The summed E-state index contributed by atoms with van der Waals surface area (Å²) in [5, 5.41) is 12.0. The summed E-state index contributed by atoms with van der Waals surface area (Å²) in [6, 6.07) is 3.69. The number of aryl methyl sites for hydroxylation is 1. The number of carbonyl (C=O) groups excluding carboxylic acids is 1. The Bertz CT molecular complexity index is 352. The minimum Gasteiger partial charge on any atom is -0.394 e. The van der Waals surface area contributed by atoms with Crippen molar-refractivity contribution >= 4 is 5.91 Å². The van der Waals surface area contributed by atoms with Crippen LogP contribution in [0.4, 0.5) is 0 Å². The summed E-state index contributed by atoms with van der Waals surface area (Å²) in [5.74, 6) is 0.444. The molecule has 18 heavy (non-hydrogen) atoms. The van der Waals surface area contributed by atoms with Gasteiger partial charge in [0.25, 0.3) is 0 Å². The second kappa shape index (κ2) is 7.82. The maximum atomic E-state index is 11.7. The number of carbonyl (C=O) groups is 1. The number of hydrogen-bond acceptors (Lipinski definition) is 3. The summed E-state index contributed by atoms with van der Waals surface area (Å²) in [4.78, 5) is 15.7. The highest BCUT2D eigenvalue weighted by atomic mass is 16.3. The molecule has 1 unspecified atom stereocenters. The van der Waals surface area contributed by atoms with Crippen molar-refractivity contribution in [3.05, 3.63) is 30.1 Å². The van der Waals surface area contributed by atoms with Crippen LogP contribution in [0.3, 0.4) is 0 Å². The Balaban J connectivity index is 2.32. The molecule has 1 rings (SSSR count). The van der Waals surface area contributed by atoms with Gasteiger partial charge in [0.15, 0.2) is 0 Å². The zero-order valence-corrected chi connectivity index (χ0v) is 11.1. The molecule has 0 saturated heterocycles. The van der Waals surface area contributed by atoms with E-state index in [9.17, 15) is 9.90 Å². The fourth-order valence-corrected chi connectivity index (χ4v) is 1.85. The molecule has 0 radical (unpaired) electrons. The molecule has 100 valence electrons. The predicted molar refractivity (Wildman–Crippen MR) is 71.0 cm³/mol. The van der Waals surface area contributed by atoms with Gasteiger partial charge in [-0.05, 0) is 30.4 Å². The fourth-order valence-electron chi connectivity index (χ4n) is 1.85. The average molecular weight is 250 g/mol. The highest BCUT2D eigenvalue weighted by Gasteiger charge is 2.12. The Labute approximate surface area is 108 Å². The van der Waals surface area contributed by atoms with E-state index in [1.54, 1.807) is 12.4 Å². The van der Waals surface area contributed by atoms with Gasteiger partial charge in [0.1, 0.15) is 0 Å². The Kier molecular flexibility index (Phi) is 6.36. The van der Waals surface area contributed by atoms with E-state index >= 15 is 0 Å². The van der Waals surface area contributed by atoms with Gasteiger partial charge < -0.3 is 10.4 Å². The van der Waals surface area contributed by atoms with E-state index in [1.165, 1.54) is 0 Å². The molecule has 0 spiro atoms. The number of hydrogen-bond donors (Lipinski definition) is 2. The van der Waals surface area contributed by atoms with Gasteiger partial charge in [-0.25, -0.2) is 0 Å². The number of pyridine rings is 1. The van der Waals surface area contributed by atoms with Crippen LogP contribution in [0, 0.1) is 5.92 Å². The third kappa shape index (κ3) is 5.77. The first-order chi connectivity index (χ1) is 8.61. The van der Waals surface area contributed by atoms with Crippen molar-refractivity contribution in [2.45, 2.75) is 39.2 Å². The van der Waals surface area contributed by atoms with Crippen LogP contribution < -0.4 is 5.32 Å². The first kappa shape index (κ1) is 14.6. The number of aliphatic hydroxyl groups excluding tert-OH is 1. The Morgan fingerprint density at radius 1 is 1.50 bits per heavy atom. The van der Waals surface area contributed by atoms with Crippen molar-refractivity contribution < 1.29 is 9.90 Å². The maximum Gasteiger partial charge on any atom is 0.220 e. The number of aromatic nitrogens is 1. The van der Waals surface area contributed by atoms with Crippen molar-refractivity contribution in [3.63, 3.8) is 0 Å². The van der Waals surface area contributed by atoms with Gasteiger partial charge in [-0.3, -0.25) is 9.78 Å². The molecule has 1 heterocycles. The summed E-state index contributed by atoms with van der Waals surface area (Å²) in [7, 11) is 0. The summed E-state index contributed by atoms with van der Waals surface area (Å²) in [6.45, 7) is 4.14. The van der Waals surface area contributed by atoms with Gasteiger partial charge in [0, 0.05) is 18.8 Å². The standard InChI is InChI=1S/C14H22N2O2/c1-11(2)8-13(10-17)16-14(18)6-5-12-4-3-7-15-9-12/h3-4,7,9,11,13,17H,5-6,8,10H2,1-2H3,(H,16,18). The van der Waals surface area contributed by atoms with E-state index in [0.717, 1.165) is 12.0 Å². The number of nitrogens with one attached hydrogen (secondary N) is 1. The molecule has 4 heteroatoms. The van der Waals surface area contributed by atoms with Crippen LogP contribution in [0.25, 0.3) is 0 Å². The minimum absolute atomic E-state index is 0.00316. The second-order valence-electron chi connectivity index (χ2n) is 4.94. The molecule has 0 saturated carbocycles. The van der Waals surface area contributed by atoms with E-state index < -0.39 is 0 Å². The quantitative estimate of drug-likeness (QED) is 0.771. The van der Waals surface area contributed by atoms with Gasteiger partial charge in [-0.2, -0.15) is 0 Å². The Morgan fingerprint density at radius 2 is 2.28 bits per heavy atom. The van der Waals surface area contributed by atoms with Crippen LogP contribution >= 0.6 is 0 Å². The average Bonchev–Trinajstić information content (AvgIpc) is 2.36. The number of nitrogens with zero attached hydrogens (tertiary/aromatic N) is 1. The Morgan fingerprint density at radius 3 is 2.83 bits per heavy atom. The molecule has 0 aliphatic rings. The van der Waals surface area contributed by atoms with E-state index in [2.05, 4.69) is 24.1 Å². The van der Waals surface area contributed by atoms with Gasteiger partial charge >= 0.3 is 0 Å². The molecular formula is C14H22N2O2. The van der Waals surface area contributed by atoms with Gasteiger partial charge in [-0.1, -0.05) is 19.9 Å². The fraction of sp³-hybridized carbons (Fsp3) is 0.571. The second-order valence-corrected chi connectivity index (χ2v) is 4.94. The molecular weight excluding hydrogens is 228 g/mol. The van der Waals surface area contributed by atoms with E-state index in [1.807, 2.05) is 12.1 Å². The van der Waals surface area contributed by atoms with Crippen LogP contribution in [0.1, 0.15) is 32.3 Å². The maximum absolute atomic E-state index is 11.7. The van der Waals surface area contributed by atoms with Gasteiger partial charge in [0.05, 0.1) is 12.6 Å². The number of rotatable bonds is 7. The molecule has 0 fully saturated rings. The molecule has 1 aromatic heterocycles. The zero-order chi connectivity index (χ0) is 13.4. The molecule has 0 bridgehead atoms. The molecule has 1 amide bonds. The lowest BCUT2D eigenvalue weighted by Gasteiger charge is -2.18. The molecule has 0 aliphatic heterocycles. The van der Waals surface area contributed by atoms with E-state index in [-0.39, 0.29) is 18.6 Å². The molecule has 2 N–H and O–H groups in total. The van der Waals surface area contributed by atoms with Crippen molar-refractivity contribution in [2.75, 3.05) is 6.61 Å². The highest BCUT2D eigenvalue weighted by Crippen LogP contribution is 2.05. The topological polar surface area (TPSA) is 62.2 Å². The lowest BCUT2D eigenvalue weighted by molar-refractivity contribution is -0.122. The first-order valence-corrected chi connectivity index (χ1v) is 6.41. The predicted octanol–water partition coefficient (Wildman–Crippen LogP) is 1.54. The van der Waals surface area contributed by atoms with Crippen molar-refractivity contribution in [1.82, 2.24) is 10.3 Å². The summed E-state index contributed by atoms with van der Waals surface area (Å²) < 4.78 is 0. The summed E-state index contributed by atoms with van der Waals surface area (Å²) >= 11 is 0. The molecule has 0 aromatic carbocycles. The van der Waals surface area contributed by atoms with Crippen LogP contribution in [0.15, 0.2) is 24.5 Å². The number of aliphatic hydroxyl groups is 1. The molecule has 1 atom stereocenters. The third-order valence-electron chi connectivity index (χ3n) is 2.70. The molecule has 1 aromatic rings. The van der Waals surface area contributed by atoms with Gasteiger partial charge in [-0.15, -0.1) is 0 Å². The first-order valence-electron chi connectivity index (χ1n) is 6.41. The van der Waals surface area contributed by atoms with E-state index in [0.29, 0.717) is 18.8 Å². The lowest BCUT2D eigenvalue weighted by Crippen LogP contribution is -2.38. The highest BCUT2D eigenvalue weighted by molar-refractivity contribution is 5.76. The van der Waals surface area contributed by atoms with Crippen LogP contribution in [0.5, 0.6) is 0 Å². The SMILES string of the molecule is CC(C)CC(CO)NC(=O)CCc1cccnc1. The summed E-state index contributed by atoms with van der Waals surface area (Å²) in [5.41, 5.74) is 1.05.